The number of alkyl halides is 3. The lowest BCUT2D eigenvalue weighted by Gasteiger charge is -2.15. The van der Waals surface area contributed by atoms with E-state index in [1.807, 2.05) is 0 Å². The molecule has 0 aliphatic carbocycles. The Morgan fingerprint density at radius 2 is 1.60 bits per heavy atom. The topological polar surface area (TPSA) is 105 Å². The maximum absolute atomic E-state index is 13.0. The van der Waals surface area contributed by atoms with Crippen LogP contribution < -0.4 is 21.7 Å². The number of hydrogen-bond acceptors (Lipinski definition) is 6. The SMILES string of the molecule is CC(=O)Nc1ccc(Nc2ncnc(Nc3cc(C(F)(F)F)ccc3Cl)c2N)cc1. The number of rotatable bonds is 5. The molecule has 0 aliphatic heterocycles. The monoisotopic (exact) mass is 436 g/mol. The lowest BCUT2D eigenvalue weighted by molar-refractivity contribution is -0.137. The molecule has 0 bridgehead atoms. The number of nitrogen functional groups attached to an aromatic ring is 1. The largest absolute Gasteiger partial charge is 0.416 e. The molecule has 1 heterocycles. The minimum absolute atomic E-state index is 0.00232. The third-order valence-corrected chi connectivity index (χ3v) is 4.23. The maximum Gasteiger partial charge on any atom is 0.416 e. The van der Waals surface area contributed by atoms with Crippen LogP contribution in [0.1, 0.15) is 12.5 Å². The summed E-state index contributed by atoms with van der Waals surface area (Å²) in [6.07, 6.45) is -3.32. The van der Waals surface area contributed by atoms with Crippen molar-refractivity contribution in [2.75, 3.05) is 21.7 Å². The van der Waals surface area contributed by atoms with E-state index in [-0.39, 0.29) is 33.9 Å². The van der Waals surface area contributed by atoms with E-state index in [9.17, 15) is 18.0 Å². The van der Waals surface area contributed by atoms with E-state index in [4.69, 9.17) is 17.3 Å². The van der Waals surface area contributed by atoms with Crippen molar-refractivity contribution >= 4 is 51.9 Å². The summed E-state index contributed by atoms with van der Waals surface area (Å²) in [6, 6.07) is 9.66. The average molecular weight is 437 g/mol. The summed E-state index contributed by atoms with van der Waals surface area (Å²) in [6.45, 7) is 1.40. The molecule has 7 nitrogen and oxygen atoms in total. The van der Waals surface area contributed by atoms with Gasteiger partial charge in [-0.1, -0.05) is 11.6 Å². The molecule has 0 atom stereocenters. The van der Waals surface area contributed by atoms with Gasteiger partial charge in [0.1, 0.15) is 12.0 Å². The fourth-order valence-electron chi connectivity index (χ4n) is 2.50. The molecule has 0 fully saturated rings. The van der Waals surface area contributed by atoms with Gasteiger partial charge >= 0.3 is 6.18 Å². The van der Waals surface area contributed by atoms with Crippen LogP contribution in [0.15, 0.2) is 48.8 Å². The molecule has 0 saturated carbocycles. The third kappa shape index (κ3) is 5.09. The Morgan fingerprint density at radius 1 is 1.00 bits per heavy atom. The Kier molecular flexibility index (Phi) is 5.97. The molecule has 0 spiro atoms. The number of hydrogen-bond donors (Lipinski definition) is 4. The normalized spacial score (nSPS) is 11.1. The summed E-state index contributed by atoms with van der Waals surface area (Å²) in [5.74, 6) is 0.131. The molecule has 156 valence electrons. The quantitative estimate of drug-likeness (QED) is 0.439. The number of carbonyl (C=O) groups is 1. The molecule has 3 rings (SSSR count). The zero-order valence-electron chi connectivity index (χ0n) is 15.5. The minimum atomic E-state index is -4.52. The number of nitrogens with zero attached hydrogens (tertiary/aromatic N) is 2. The molecule has 1 amide bonds. The maximum atomic E-state index is 13.0. The first-order valence-electron chi connectivity index (χ1n) is 8.52. The van der Waals surface area contributed by atoms with Crippen LogP contribution in [0, 0.1) is 0 Å². The van der Waals surface area contributed by atoms with E-state index in [0.717, 1.165) is 18.2 Å². The van der Waals surface area contributed by atoms with Gasteiger partial charge in [0, 0.05) is 18.3 Å². The number of halogens is 4. The first kappa shape index (κ1) is 21.2. The fourth-order valence-corrected chi connectivity index (χ4v) is 2.66. The highest BCUT2D eigenvalue weighted by Gasteiger charge is 2.31. The number of amides is 1. The Balaban J connectivity index is 1.83. The van der Waals surface area contributed by atoms with Crippen molar-refractivity contribution in [1.29, 1.82) is 0 Å². The Labute approximate surface area is 174 Å². The molecule has 0 unspecified atom stereocenters. The van der Waals surface area contributed by atoms with E-state index in [1.165, 1.54) is 13.3 Å². The molecule has 2 aromatic carbocycles. The van der Waals surface area contributed by atoms with E-state index in [0.29, 0.717) is 11.4 Å². The van der Waals surface area contributed by atoms with Crippen molar-refractivity contribution in [2.24, 2.45) is 0 Å². The lowest BCUT2D eigenvalue weighted by atomic mass is 10.2. The Hall–Kier alpha value is -3.53. The predicted molar refractivity (Wildman–Crippen MR) is 110 cm³/mol. The van der Waals surface area contributed by atoms with Crippen molar-refractivity contribution < 1.29 is 18.0 Å². The number of carbonyl (C=O) groups excluding carboxylic acids is 1. The average Bonchev–Trinajstić information content (AvgIpc) is 2.67. The molecular formula is C19H16ClF3N6O. The van der Waals surface area contributed by atoms with Crippen molar-refractivity contribution in [2.45, 2.75) is 13.1 Å². The van der Waals surface area contributed by atoms with E-state index < -0.39 is 11.7 Å². The standard InChI is InChI=1S/C19H16ClF3N6O/c1-10(30)27-12-3-5-13(6-4-12)28-17-16(24)18(26-9-25-17)29-15-8-11(19(21,22)23)2-7-14(15)20/h2-9H,24H2,1H3,(H,27,30)(H2,25,26,28,29). The first-order valence-corrected chi connectivity index (χ1v) is 8.90. The summed E-state index contributed by atoms with van der Waals surface area (Å²) in [5.41, 5.74) is 6.54. The van der Waals surface area contributed by atoms with Crippen LogP contribution in [0.2, 0.25) is 5.02 Å². The predicted octanol–water partition coefficient (Wildman–Crippen LogP) is 5.18. The van der Waals surface area contributed by atoms with Gasteiger partial charge in [-0.3, -0.25) is 4.79 Å². The molecular weight excluding hydrogens is 421 g/mol. The summed E-state index contributed by atoms with van der Waals surface area (Å²) in [4.78, 5) is 19.1. The van der Waals surface area contributed by atoms with Gasteiger partial charge in [-0.15, -0.1) is 0 Å². The minimum Gasteiger partial charge on any atom is -0.393 e. The van der Waals surface area contributed by atoms with Crippen molar-refractivity contribution in [1.82, 2.24) is 9.97 Å². The number of nitrogens with one attached hydrogen (secondary N) is 3. The van der Waals surface area contributed by atoms with Crippen LogP contribution in [0.5, 0.6) is 0 Å². The molecule has 30 heavy (non-hydrogen) atoms. The molecule has 0 radical (unpaired) electrons. The summed E-state index contributed by atoms with van der Waals surface area (Å²) < 4.78 is 38.9. The number of aromatic nitrogens is 2. The van der Waals surface area contributed by atoms with Gasteiger partial charge in [-0.25, -0.2) is 9.97 Å². The number of benzene rings is 2. The molecule has 11 heteroatoms. The first-order chi connectivity index (χ1) is 14.1. The summed E-state index contributed by atoms with van der Waals surface area (Å²) in [5, 5.41) is 8.42. The van der Waals surface area contributed by atoms with Crippen LogP contribution >= 0.6 is 11.6 Å². The summed E-state index contributed by atoms with van der Waals surface area (Å²) >= 11 is 6.01. The second-order valence-corrected chi connectivity index (χ2v) is 6.59. The zero-order chi connectivity index (χ0) is 21.9. The zero-order valence-corrected chi connectivity index (χ0v) is 16.3. The van der Waals surface area contributed by atoms with Crippen molar-refractivity contribution in [3.63, 3.8) is 0 Å². The van der Waals surface area contributed by atoms with Crippen molar-refractivity contribution in [3.8, 4) is 0 Å². The van der Waals surface area contributed by atoms with E-state index in [1.54, 1.807) is 24.3 Å². The third-order valence-electron chi connectivity index (χ3n) is 3.90. The van der Waals surface area contributed by atoms with Crippen LogP contribution in [0.4, 0.5) is 47.6 Å². The van der Waals surface area contributed by atoms with Gasteiger partial charge in [-0.05, 0) is 42.5 Å². The number of anilines is 6. The van der Waals surface area contributed by atoms with Gasteiger partial charge in [0.15, 0.2) is 11.6 Å². The van der Waals surface area contributed by atoms with Gasteiger partial charge in [0.2, 0.25) is 5.91 Å². The second-order valence-electron chi connectivity index (χ2n) is 6.19. The van der Waals surface area contributed by atoms with Crippen LogP contribution in [-0.4, -0.2) is 15.9 Å². The van der Waals surface area contributed by atoms with Crippen LogP contribution in [0.3, 0.4) is 0 Å². The van der Waals surface area contributed by atoms with Gasteiger partial charge in [0.05, 0.1) is 16.3 Å². The second kappa shape index (κ2) is 8.46. The highest BCUT2D eigenvalue weighted by Crippen LogP contribution is 2.36. The van der Waals surface area contributed by atoms with Crippen molar-refractivity contribution in [3.05, 3.63) is 59.4 Å². The highest BCUT2D eigenvalue weighted by atomic mass is 35.5. The molecule has 0 saturated heterocycles. The fraction of sp³-hybridized carbons (Fsp3) is 0.105. The van der Waals surface area contributed by atoms with Gasteiger partial charge in [0.25, 0.3) is 0 Å². The van der Waals surface area contributed by atoms with Crippen LogP contribution in [-0.2, 0) is 11.0 Å². The van der Waals surface area contributed by atoms with E-state index in [2.05, 4.69) is 25.9 Å². The summed E-state index contributed by atoms with van der Waals surface area (Å²) in [7, 11) is 0. The molecule has 1 aromatic heterocycles. The smallest absolute Gasteiger partial charge is 0.393 e. The molecule has 3 aromatic rings. The molecule has 5 N–H and O–H groups in total. The lowest BCUT2D eigenvalue weighted by Crippen LogP contribution is -2.08. The van der Waals surface area contributed by atoms with Gasteiger partial charge in [-0.2, -0.15) is 13.2 Å². The molecule has 0 aliphatic rings. The Bertz CT molecular complexity index is 1070. The van der Waals surface area contributed by atoms with Crippen LogP contribution in [0.25, 0.3) is 0 Å². The number of nitrogens with two attached hydrogens (primary N) is 1. The highest BCUT2D eigenvalue weighted by molar-refractivity contribution is 6.33. The Morgan fingerprint density at radius 3 is 2.20 bits per heavy atom. The van der Waals surface area contributed by atoms with E-state index >= 15 is 0 Å². The van der Waals surface area contributed by atoms with Gasteiger partial charge < -0.3 is 21.7 Å².